The van der Waals surface area contributed by atoms with E-state index in [1.807, 2.05) is 21.1 Å². The van der Waals surface area contributed by atoms with Gasteiger partial charge in [-0.25, -0.2) is 4.79 Å². The van der Waals surface area contributed by atoms with Crippen LogP contribution in [0.15, 0.2) is 0 Å². The lowest BCUT2D eigenvalue weighted by Gasteiger charge is -2.28. The number of ether oxygens (including phenoxy) is 1. The number of hydrogen-bond acceptors (Lipinski definition) is 3. The second kappa shape index (κ2) is 10.4. The van der Waals surface area contributed by atoms with Crippen LogP contribution in [0.5, 0.6) is 0 Å². The molecule has 0 spiro atoms. The number of rotatable bonds is 11. The molecule has 0 unspecified atom stereocenters. The van der Waals surface area contributed by atoms with Crippen LogP contribution in [-0.2, 0) is 9.53 Å². The van der Waals surface area contributed by atoms with Gasteiger partial charge in [-0.3, -0.25) is 4.79 Å². The van der Waals surface area contributed by atoms with Crippen LogP contribution in [0.4, 0.5) is 4.79 Å². The van der Waals surface area contributed by atoms with Crippen molar-refractivity contribution >= 4 is 12.1 Å². The van der Waals surface area contributed by atoms with E-state index in [9.17, 15) is 9.59 Å². The Labute approximate surface area is 128 Å². The van der Waals surface area contributed by atoms with Crippen molar-refractivity contribution in [3.8, 4) is 0 Å². The minimum Gasteiger partial charge on any atom is -0.481 e. The lowest BCUT2D eigenvalue weighted by Crippen LogP contribution is -2.45. The molecule has 0 heterocycles. The van der Waals surface area contributed by atoms with Crippen molar-refractivity contribution in [1.29, 1.82) is 0 Å². The number of carboxylic acids is 1. The fourth-order valence-corrected chi connectivity index (χ4v) is 2.06. The lowest BCUT2D eigenvalue weighted by molar-refractivity contribution is -0.873. The molecule has 0 fully saturated rings. The van der Waals surface area contributed by atoms with Gasteiger partial charge in [-0.2, -0.15) is 0 Å². The molecule has 0 aliphatic carbocycles. The molecule has 0 bridgehead atoms. The molecule has 0 rings (SSSR count). The number of hydrogen-bond donors (Lipinski definition) is 2. The van der Waals surface area contributed by atoms with Crippen molar-refractivity contribution in [1.82, 2.24) is 5.32 Å². The van der Waals surface area contributed by atoms with Gasteiger partial charge in [0.2, 0.25) is 0 Å². The number of carbonyl (C=O) groups excluding carboxylic acids is 1. The zero-order chi connectivity index (χ0) is 16.3. The van der Waals surface area contributed by atoms with Crippen molar-refractivity contribution < 1.29 is 23.9 Å². The number of aliphatic carboxylic acids is 1. The molecule has 0 aromatic rings. The highest BCUT2D eigenvalue weighted by molar-refractivity contribution is 5.70. The minimum absolute atomic E-state index is 0.167. The Morgan fingerprint density at radius 3 is 2.29 bits per heavy atom. The third kappa shape index (κ3) is 13.4. The first-order chi connectivity index (χ1) is 9.74. The summed E-state index contributed by atoms with van der Waals surface area (Å²) in [6, 6.07) is 0. The van der Waals surface area contributed by atoms with E-state index >= 15 is 0 Å². The maximum Gasteiger partial charge on any atom is 0.407 e. The molecule has 0 radical (unpaired) electrons. The second-order valence-electron chi connectivity index (χ2n) is 6.44. The van der Waals surface area contributed by atoms with Gasteiger partial charge in [0.1, 0.15) is 6.54 Å². The van der Waals surface area contributed by atoms with Gasteiger partial charge < -0.3 is 19.6 Å². The van der Waals surface area contributed by atoms with Crippen LogP contribution in [0.25, 0.3) is 0 Å². The van der Waals surface area contributed by atoms with Crippen molar-refractivity contribution in [3.63, 3.8) is 0 Å². The van der Waals surface area contributed by atoms with Gasteiger partial charge >= 0.3 is 12.1 Å². The van der Waals surface area contributed by atoms with Gasteiger partial charge in [0, 0.05) is 6.54 Å². The molecule has 0 saturated heterocycles. The van der Waals surface area contributed by atoms with E-state index in [2.05, 4.69) is 12.2 Å². The zero-order valence-corrected chi connectivity index (χ0v) is 13.9. The number of quaternary nitrogens is 1. The number of nitrogens with one attached hydrogen (secondary N) is 1. The molecule has 1 atom stereocenters. The average Bonchev–Trinajstić information content (AvgIpc) is 2.30. The zero-order valence-electron chi connectivity index (χ0n) is 13.9. The van der Waals surface area contributed by atoms with Gasteiger partial charge in [0.25, 0.3) is 0 Å². The van der Waals surface area contributed by atoms with E-state index in [0.717, 1.165) is 12.8 Å². The molecule has 2 N–H and O–H groups in total. The van der Waals surface area contributed by atoms with Crippen molar-refractivity contribution in [2.45, 2.75) is 51.6 Å². The SMILES string of the molecule is CCCCCCCNC(=O)O[C@@H](CC(=O)O)C[N+](C)(C)C. The minimum atomic E-state index is -0.958. The van der Waals surface area contributed by atoms with E-state index in [1.165, 1.54) is 19.3 Å². The molecule has 0 aliphatic heterocycles. The predicted octanol–water partition coefficient (Wildman–Crippen LogP) is 2.23. The smallest absolute Gasteiger partial charge is 0.407 e. The summed E-state index contributed by atoms with van der Waals surface area (Å²) in [4.78, 5) is 22.5. The first kappa shape index (κ1) is 19.7. The molecule has 124 valence electrons. The van der Waals surface area contributed by atoms with E-state index in [-0.39, 0.29) is 6.42 Å². The van der Waals surface area contributed by atoms with Crippen LogP contribution >= 0.6 is 0 Å². The van der Waals surface area contributed by atoms with Gasteiger partial charge in [0.15, 0.2) is 6.10 Å². The monoisotopic (exact) mass is 303 g/mol. The standard InChI is InChI=1S/C15H30N2O4/c1-5-6-7-8-9-10-16-15(20)21-13(11-14(18)19)12-17(2,3)4/h13H,5-12H2,1-4H3,(H-,16,18,19,20)/p+1/t13-/m0/s1. The maximum absolute atomic E-state index is 11.7. The molecule has 6 nitrogen and oxygen atoms in total. The van der Waals surface area contributed by atoms with Crippen molar-refractivity contribution in [2.75, 3.05) is 34.2 Å². The van der Waals surface area contributed by atoms with Gasteiger partial charge in [-0.1, -0.05) is 32.6 Å². The molecule has 0 saturated carbocycles. The third-order valence-corrected chi connectivity index (χ3v) is 2.98. The van der Waals surface area contributed by atoms with Crippen LogP contribution in [0.2, 0.25) is 0 Å². The molecule has 1 amide bonds. The van der Waals surface area contributed by atoms with Crippen molar-refractivity contribution in [2.24, 2.45) is 0 Å². The van der Waals surface area contributed by atoms with Crippen LogP contribution in [0, 0.1) is 0 Å². The topological polar surface area (TPSA) is 75.6 Å². The van der Waals surface area contributed by atoms with E-state index < -0.39 is 18.2 Å². The molecule has 0 aromatic carbocycles. The summed E-state index contributed by atoms with van der Waals surface area (Å²) in [6.07, 6.45) is 4.30. The lowest BCUT2D eigenvalue weighted by atomic mass is 10.1. The number of alkyl carbamates (subject to hydrolysis) is 1. The Kier molecular flexibility index (Phi) is 9.78. The predicted molar refractivity (Wildman–Crippen MR) is 82.2 cm³/mol. The Bertz CT molecular complexity index is 313. The first-order valence-corrected chi connectivity index (χ1v) is 7.71. The quantitative estimate of drug-likeness (QED) is 0.453. The molecular formula is C15H31N2O4+. The third-order valence-electron chi connectivity index (χ3n) is 2.98. The summed E-state index contributed by atoms with van der Waals surface area (Å²) in [5, 5.41) is 11.6. The van der Waals surface area contributed by atoms with Gasteiger partial charge in [0.05, 0.1) is 27.6 Å². The molecule has 21 heavy (non-hydrogen) atoms. The van der Waals surface area contributed by atoms with E-state index in [4.69, 9.17) is 9.84 Å². The number of carboxylic acid groups (broad SMARTS) is 1. The van der Waals surface area contributed by atoms with E-state index in [1.54, 1.807) is 0 Å². The summed E-state index contributed by atoms with van der Waals surface area (Å²) in [6.45, 7) is 3.20. The normalized spacial score (nSPS) is 12.8. The fraction of sp³-hybridized carbons (Fsp3) is 0.867. The van der Waals surface area contributed by atoms with Gasteiger partial charge in [-0.15, -0.1) is 0 Å². The molecule has 0 aromatic heterocycles. The Balaban J connectivity index is 4.01. The summed E-state index contributed by atoms with van der Waals surface area (Å²) in [7, 11) is 5.80. The first-order valence-electron chi connectivity index (χ1n) is 7.71. The van der Waals surface area contributed by atoms with Crippen LogP contribution in [0.1, 0.15) is 45.4 Å². The maximum atomic E-state index is 11.7. The fourth-order valence-electron chi connectivity index (χ4n) is 2.06. The van der Waals surface area contributed by atoms with Crippen LogP contribution in [0.3, 0.4) is 0 Å². The van der Waals surface area contributed by atoms with Crippen LogP contribution < -0.4 is 5.32 Å². The Hall–Kier alpha value is -1.30. The summed E-state index contributed by atoms with van der Waals surface area (Å²) >= 11 is 0. The molecule has 0 aliphatic rings. The average molecular weight is 303 g/mol. The van der Waals surface area contributed by atoms with Crippen molar-refractivity contribution in [3.05, 3.63) is 0 Å². The highest BCUT2D eigenvalue weighted by Crippen LogP contribution is 2.06. The number of amides is 1. The highest BCUT2D eigenvalue weighted by atomic mass is 16.6. The number of likely N-dealkylation sites (N-methyl/N-ethyl adjacent to an activating group) is 1. The van der Waals surface area contributed by atoms with E-state index in [0.29, 0.717) is 17.6 Å². The summed E-state index contributed by atoms with van der Waals surface area (Å²) in [5.74, 6) is -0.958. The number of nitrogens with zero attached hydrogens (tertiary/aromatic N) is 1. The molecular weight excluding hydrogens is 272 g/mol. The van der Waals surface area contributed by atoms with Crippen LogP contribution in [-0.4, -0.2) is 62.0 Å². The second-order valence-corrected chi connectivity index (χ2v) is 6.44. The number of carbonyl (C=O) groups is 2. The number of unbranched alkanes of at least 4 members (excludes halogenated alkanes) is 4. The molecule has 6 heteroatoms. The Morgan fingerprint density at radius 1 is 1.14 bits per heavy atom. The summed E-state index contributed by atoms with van der Waals surface area (Å²) < 4.78 is 5.76. The Morgan fingerprint density at radius 2 is 1.76 bits per heavy atom. The van der Waals surface area contributed by atoms with Gasteiger partial charge in [-0.05, 0) is 6.42 Å². The highest BCUT2D eigenvalue weighted by Gasteiger charge is 2.24. The largest absolute Gasteiger partial charge is 0.481 e. The summed E-state index contributed by atoms with van der Waals surface area (Å²) in [5.41, 5.74) is 0.